The van der Waals surface area contributed by atoms with E-state index in [4.69, 9.17) is 10.2 Å². The molecule has 0 atom stereocenters. The smallest absolute Gasteiger partial charge is 0.164 e. The molecule has 3 aromatic rings. The summed E-state index contributed by atoms with van der Waals surface area (Å²) in [5, 5.41) is 3.72. The van der Waals surface area contributed by atoms with Gasteiger partial charge in [0.15, 0.2) is 10.8 Å². The van der Waals surface area contributed by atoms with E-state index in [1.54, 1.807) is 0 Å². The Kier molecular flexibility index (Phi) is 1.76. The molecule has 2 aromatic heterocycles. The molecule has 0 saturated carbocycles. The van der Waals surface area contributed by atoms with Gasteiger partial charge in [-0.15, -0.1) is 11.3 Å². The van der Waals surface area contributed by atoms with E-state index in [1.807, 2.05) is 35.7 Å². The van der Waals surface area contributed by atoms with Crippen LogP contribution < -0.4 is 5.73 Å². The summed E-state index contributed by atoms with van der Waals surface area (Å²) < 4.78 is 5.66. The van der Waals surface area contributed by atoms with E-state index in [0.717, 1.165) is 21.7 Å². The number of nitrogens with two attached hydrogens (primary N) is 1. The molecule has 0 aliphatic carbocycles. The van der Waals surface area contributed by atoms with Crippen LogP contribution in [0.2, 0.25) is 0 Å². The normalized spacial score (nSPS) is 10.9. The Balaban J connectivity index is 2.19. The number of nitrogen functional groups attached to an aromatic ring is 1. The summed E-state index contributed by atoms with van der Waals surface area (Å²) >= 11 is 1.49. The molecule has 2 heterocycles. The Hall–Kier alpha value is -1.81. The lowest BCUT2D eigenvalue weighted by atomic mass is 10.2. The predicted molar refractivity (Wildman–Crippen MR) is 61.7 cm³/mol. The van der Waals surface area contributed by atoms with E-state index in [9.17, 15) is 0 Å². The standard InChI is InChI=1S/C11H8N2OS/c12-10-6-15-11(13-10)9-5-7-3-1-2-4-8(7)14-9/h1-6H,12H2. The van der Waals surface area contributed by atoms with Gasteiger partial charge in [-0.3, -0.25) is 0 Å². The van der Waals surface area contributed by atoms with Crippen LogP contribution in [0.4, 0.5) is 5.82 Å². The molecular weight excluding hydrogens is 208 g/mol. The first-order valence-electron chi connectivity index (χ1n) is 4.53. The summed E-state index contributed by atoms with van der Waals surface area (Å²) in [4.78, 5) is 4.18. The first-order chi connectivity index (χ1) is 7.33. The quantitative estimate of drug-likeness (QED) is 0.679. The summed E-state index contributed by atoms with van der Waals surface area (Å²) in [6.07, 6.45) is 0. The van der Waals surface area contributed by atoms with Crippen molar-refractivity contribution in [1.29, 1.82) is 0 Å². The van der Waals surface area contributed by atoms with Crippen LogP contribution in [-0.4, -0.2) is 4.98 Å². The van der Waals surface area contributed by atoms with Crippen LogP contribution in [0, 0.1) is 0 Å². The second-order valence-corrected chi connectivity index (χ2v) is 4.08. The van der Waals surface area contributed by atoms with Gasteiger partial charge in [-0.05, 0) is 12.1 Å². The van der Waals surface area contributed by atoms with Crippen LogP contribution in [0.25, 0.3) is 21.7 Å². The number of thiazole rings is 1. The third-order valence-electron chi connectivity index (χ3n) is 2.16. The van der Waals surface area contributed by atoms with Crippen LogP contribution in [-0.2, 0) is 0 Å². The minimum Gasteiger partial charge on any atom is -0.454 e. The second-order valence-electron chi connectivity index (χ2n) is 3.23. The molecule has 0 amide bonds. The lowest BCUT2D eigenvalue weighted by Crippen LogP contribution is -1.82. The van der Waals surface area contributed by atoms with Gasteiger partial charge in [0.25, 0.3) is 0 Å². The number of benzene rings is 1. The number of aromatic nitrogens is 1. The highest BCUT2D eigenvalue weighted by atomic mass is 32.1. The number of para-hydroxylation sites is 1. The van der Waals surface area contributed by atoms with Gasteiger partial charge >= 0.3 is 0 Å². The Labute approximate surface area is 90.2 Å². The van der Waals surface area contributed by atoms with Crippen LogP contribution in [0.15, 0.2) is 40.1 Å². The molecule has 3 nitrogen and oxygen atoms in total. The van der Waals surface area contributed by atoms with E-state index >= 15 is 0 Å². The number of rotatable bonds is 1. The number of hydrogen-bond donors (Lipinski definition) is 1. The molecule has 0 fully saturated rings. The second kappa shape index (κ2) is 3.10. The maximum absolute atomic E-state index is 5.66. The largest absolute Gasteiger partial charge is 0.454 e. The van der Waals surface area contributed by atoms with Gasteiger partial charge < -0.3 is 10.2 Å². The third-order valence-corrected chi connectivity index (χ3v) is 3.03. The molecule has 2 N–H and O–H groups in total. The average Bonchev–Trinajstić information content (AvgIpc) is 2.82. The van der Waals surface area contributed by atoms with Gasteiger partial charge in [-0.1, -0.05) is 18.2 Å². The third kappa shape index (κ3) is 1.39. The fourth-order valence-electron chi connectivity index (χ4n) is 1.49. The summed E-state index contributed by atoms with van der Waals surface area (Å²) in [6, 6.07) is 9.87. The van der Waals surface area contributed by atoms with Crippen molar-refractivity contribution in [3.8, 4) is 10.8 Å². The molecule has 0 aliphatic heterocycles. The van der Waals surface area contributed by atoms with Crippen LogP contribution in [0.1, 0.15) is 0 Å². The molecule has 4 heteroatoms. The highest BCUT2D eigenvalue weighted by Crippen LogP contribution is 2.30. The lowest BCUT2D eigenvalue weighted by molar-refractivity contribution is 0.631. The summed E-state index contributed by atoms with van der Waals surface area (Å²) in [7, 11) is 0. The zero-order valence-corrected chi connectivity index (χ0v) is 8.62. The molecule has 0 unspecified atom stereocenters. The molecule has 0 radical (unpaired) electrons. The Morgan fingerprint density at radius 1 is 1.27 bits per heavy atom. The van der Waals surface area contributed by atoms with Crippen molar-refractivity contribution >= 4 is 28.1 Å². The zero-order chi connectivity index (χ0) is 10.3. The van der Waals surface area contributed by atoms with E-state index < -0.39 is 0 Å². The molecule has 74 valence electrons. The molecule has 0 aliphatic rings. The average molecular weight is 216 g/mol. The van der Waals surface area contributed by atoms with Crippen molar-refractivity contribution < 1.29 is 4.42 Å². The van der Waals surface area contributed by atoms with Gasteiger partial charge in [0.05, 0.1) is 0 Å². The monoisotopic (exact) mass is 216 g/mol. The molecular formula is C11H8N2OS. The molecule has 3 rings (SSSR count). The fraction of sp³-hybridized carbons (Fsp3) is 0. The van der Waals surface area contributed by atoms with Crippen molar-refractivity contribution in [2.45, 2.75) is 0 Å². The highest BCUT2D eigenvalue weighted by molar-refractivity contribution is 7.13. The summed E-state index contributed by atoms with van der Waals surface area (Å²) in [5.41, 5.74) is 6.44. The maximum atomic E-state index is 5.66. The van der Waals surface area contributed by atoms with Gasteiger partial charge in [-0.25, -0.2) is 4.98 Å². The van der Waals surface area contributed by atoms with Crippen molar-refractivity contribution in [3.63, 3.8) is 0 Å². The molecule has 0 bridgehead atoms. The van der Waals surface area contributed by atoms with Crippen molar-refractivity contribution in [2.24, 2.45) is 0 Å². The van der Waals surface area contributed by atoms with E-state index in [0.29, 0.717) is 5.82 Å². The zero-order valence-electron chi connectivity index (χ0n) is 7.81. The van der Waals surface area contributed by atoms with Gasteiger partial charge in [0.1, 0.15) is 11.4 Å². The molecule has 15 heavy (non-hydrogen) atoms. The number of furan rings is 1. The Bertz CT molecular complexity index is 579. The van der Waals surface area contributed by atoms with Crippen molar-refractivity contribution in [3.05, 3.63) is 35.7 Å². The van der Waals surface area contributed by atoms with Crippen molar-refractivity contribution in [1.82, 2.24) is 4.98 Å². The topological polar surface area (TPSA) is 52.0 Å². The maximum Gasteiger partial charge on any atom is 0.164 e. The minimum atomic E-state index is 0.537. The van der Waals surface area contributed by atoms with Crippen LogP contribution >= 0.6 is 11.3 Å². The van der Waals surface area contributed by atoms with Gasteiger partial charge in [0, 0.05) is 10.8 Å². The summed E-state index contributed by atoms with van der Waals surface area (Å²) in [6.45, 7) is 0. The Morgan fingerprint density at radius 3 is 2.87 bits per heavy atom. The van der Waals surface area contributed by atoms with Gasteiger partial charge in [0.2, 0.25) is 0 Å². The highest BCUT2D eigenvalue weighted by Gasteiger charge is 2.08. The molecule has 1 aromatic carbocycles. The Morgan fingerprint density at radius 2 is 2.13 bits per heavy atom. The lowest BCUT2D eigenvalue weighted by Gasteiger charge is -1.86. The first kappa shape index (κ1) is 8.49. The SMILES string of the molecule is Nc1csc(-c2cc3ccccc3o2)n1. The number of fused-ring (bicyclic) bond motifs is 1. The number of hydrogen-bond acceptors (Lipinski definition) is 4. The van der Waals surface area contributed by atoms with Crippen molar-refractivity contribution in [2.75, 3.05) is 5.73 Å². The molecule has 0 spiro atoms. The first-order valence-corrected chi connectivity index (χ1v) is 5.41. The number of anilines is 1. The summed E-state index contributed by atoms with van der Waals surface area (Å²) in [5.74, 6) is 1.31. The minimum absolute atomic E-state index is 0.537. The van der Waals surface area contributed by atoms with E-state index in [-0.39, 0.29) is 0 Å². The molecule has 0 saturated heterocycles. The number of nitrogens with zero attached hydrogens (tertiary/aromatic N) is 1. The van der Waals surface area contributed by atoms with Gasteiger partial charge in [-0.2, -0.15) is 0 Å². The van der Waals surface area contributed by atoms with Crippen LogP contribution in [0.3, 0.4) is 0 Å². The predicted octanol–water partition coefficient (Wildman–Crippen LogP) is 3.14. The van der Waals surface area contributed by atoms with Crippen LogP contribution in [0.5, 0.6) is 0 Å². The van der Waals surface area contributed by atoms with E-state index in [2.05, 4.69) is 4.98 Å². The fourth-order valence-corrected chi connectivity index (χ4v) is 2.15. The van der Waals surface area contributed by atoms with E-state index in [1.165, 1.54) is 11.3 Å².